The number of halogens is 1. The third-order valence-electron chi connectivity index (χ3n) is 2.99. The first-order valence-electron chi connectivity index (χ1n) is 7.47. The standard InChI is InChI=1S/C19H17ClO4/c1-2-23-19(22)13-16(21)9-6-14-4-3-5-18(12-14)24-17-10-7-15(20)8-11-17/h3-12H,2,13H2,1H3. The minimum Gasteiger partial charge on any atom is -0.466 e. The quantitative estimate of drug-likeness (QED) is 0.416. The smallest absolute Gasteiger partial charge is 0.313 e. The molecule has 0 unspecified atom stereocenters. The van der Waals surface area contributed by atoms with E-state index in [-0.39, 0.29) is 18.8 Å². The van der Waals surface area contributed by atoms with E-state index in [9.17, 15) is 9.59 Å². The van der Waals surface area contributed by atoms with Gasteiger partial charge in [-0.2, -0.15) is 0 Å². The van der Waals surface area contributed by atoms with Gasteiger partial charge in [0.05, 0.1) is 6.61 Å². The van der Waals surface area contributed by atoms with Gasteiger partial charge in [-0.25, -0.2) is 0 Å². The van der Waals surface area contributed by atoms with E-state index >= 15 is 0 Å². The van der Waals surface area contributed by atoms with Crippen LogP contribution in [-0.4, -0.2) is 18.4 Å². The average molecular weight is 345 g/mol. The summed E-state index contributed by atoms with van der Waals surface area (Å²) in [7, 11) is 0. The molecule has 0 saturated carbocycles. The van der Waals surface area contributed by atoms with Gasteiger partial charge in [-0.3, -0.25) is 9.59 Å². The zero-order valence-electron chi connectivity index (χ0n) is 13.2. The molecule has 0 radical (unpaired) electrons. The SMILES string of the molecule is CCOC(=O)CC(=O)C=Cc1cccc(Oc2ccc(Cl)cc2)c1. The molecule has 4 nitrogen and oxygen atoms in total. The first-order chi connectivity index (χ1) is 11.6. The van der Waals surface area contributed by atoms with Crippen molar-refractivity contribution in [2.45, 2.75) is 13.3 Å². The third-order valence-corrected chi connectivity index (χ3v) is 3.24. The van der Waals surface area contributed by atoms with E-state index in [1.165, 1.54) is 6.08 Å². The molecule has 0 fully saturated rings. The highest BCUT2D eigenvalue weighted by Gasteiger charge is 2.07. The zero-order valence-corrected chi connectivity index (χ0v) is 14.0. The van der Waals surface area contributed by atoms with E-state index < -0.39 is 5.97 Å². The lowest BCUT2D eigenvalue weighted by atomic mass is 10.1. The summed E-state index contributed by atoms with van der Waals surface area (Å²) in [6.45, 7) is 1.96. The molecular weight excluding hydrogens is 328 g/mol. The molecule has 0 amide bonds. The van der Waals surface area contributed by atoms with Gasteiger partial charge < -0.3 is 9.47 Å². The minimum absolute atomic E-state index is 0.259. The van der Waals surface area contributed by atoms with Crippen LogP contribution in [0.25, 0.3) is 6.08 Å². The summed E-state index contributed by atoms with van der Waals surface area (Å²) < 4.78 is 10.5. The molecular formula is C19H17ClO4. The highest BCUT2D eigenvalue weighted by atomic mass is 35.5. The van der Waals surface area contributed by atoms with E-state index in [1.54, 1.807) is 43.3 Å². The summed E-state index contributed by atoms with van der Waals surface area (Å²) in [5, 5.41) is 0.638. The number of ether oxygens (including phenoxy) is 2. The molecule has 0 atom stereocenters. The molecule has 0 bridgehead atoms. The van der Waals surface area contributed by atoms with Crippen LogP contribution in [0.1, 0.15) is 18.9 Å². The van der Waals surface area contributed by atoms with Gasteiger partial charge in [-0.05, 0) is 55.0 Å². The van der Waals surface area contributed by atoms with Crippen LogP contribution in [0.15, 0.2) is 54.6 Å². The number of rotatable bonds is 7. The van der Waals surface area contributed by atoms with Gasteiger partial charge >= 0.3 is 5.97 Å². The number of hydrogen-bond donors (Lipinski definition) is 0. The van der Waals surface area contributed by atoms with Crippen molar-refractivity contribution in [3.05, 3.63) is 65.2 Å². The third kappa shape index (κ3) is 5.89. The predicted molar refractivity (Wildman–Crippen MR) is 93.3 cm³/mol. The molecule has 2 aromatic rings. The second-order valence-electron chi connectivity index (χ2n) is 4.91. The summed E-state index contributed by atoms with van der Waals surface area (Å²) in [6.07, 6.45) is 2.74. The van der Waals surface area contributed by atoms with Gasteiger partial charge in [0, 0.05) is 5.02 Å². The van der Waals surface area contributed by atoms with Crippen molar-refractivity contribution in [1.82, 2.24) is 0 Å². The van der Waals surface area contributed by atoms with E-state index in [0.29, 0.717) is 16.5 Å². The first-order valence-corrected chi connectivity index (χ1v) is 7.84. The molecule has 2 rings (SSSR count). The molecule has 124 valence electrons. The summed E-state index contributed by atoms with van der Waals surface area (Å²) >= 11 is 5.84. The number of ketones is 1. The molecule has 0 aliphatic heterocycles. The second-order valence-corrected chi connectivity index (χ2v) is 5.35. The van der Waals surface area contributed by atoms with Gasteiger partial charge in [0.1, 0.15) is 17.9 Å². The van der Waals surface area contributed by atoms with E-state index in [1.807, 2.05) is 18.2 Å². The summed E-state index contributed by atoms with van der Waals surface area (Å²) in [5.74, 6) is 0.473. The first kappa shape index (κ1) is 17.8. The molecule has 0 aliphatic rings. The van der Waals surface area contributed by atoms with Crippen molar-refractivity contribution in [3.8, 4) is 11.5 Å². The van der Waals surface area contributed by atoms with Crippen molar-refractivity contribution >= 4 is 29.4 Å². The Morgan fingerprint density at radius 3 is 2.54 bits per heavy atom. The molecule has 5 heteroatoms. The van der Waals surface area contributed by atoms with Crippen molar-refractivity contribution in [1.29, 1.82) is 0 Å². The predicted octanol–water partition coefficient (Wildman–Crippen LogP) is 4.67. The normalized spacial score (nSPS) is 10.6. The molecule has 24 heavy (non-hydrogen) atoms. The Hall–Kier alpha value is -2.59. The number of allylic oxidation sites excluding steroid dienone is 1. The number of carbonyl (C=O) groups is 2. The Kier molecular flexibility index (Phi) is 6.58. The topological polar surface area (TPSA) is 52.6 Å². The Labute approximate surface area is 145 Å². The Morgan fingerprint density at radius 1 is 1.08 bits per heavy atom. The zero-order chi connectivity index (χ0) is 17.4. The molecule has 0 aliphatic carbocycles. The van der Waals surface area contributed by atoms with E-state index in [0.717, 1.165) is 5.56 Å². The summed E-state index contributed by atoms with van der Waals surface area (Å²) in [5.41, 5.74) is 0.790. The molecule has 0 spiro atoms. The summed E-state index contributed by atoms with van der Waals surface area (Å²) in [4.78, 5) is 22.9. The molecule has 0 aromatic heterocycles. The summed E-state index contributed by atoms with van der Waals surface area (Å²) in [6, 6.07) is 14.3. The maximum Gasteiger partial charge on any atom is 0.313 e. The van der Waals surface area contributed by atoms with Gasteiger partial charge in [0.15, 0.2) is 5.78 Å². The van der Waals surface area contributed by atoms with Crippen LogP contribution in [0.4, 0.5) is 0 Å². The van der Waals surface area contributed by atoms with Crippen LogP contribution in [0, 0.1) is 0 Å². The lowest BCUT2D eigenvalue weighted by Gasteiger charge is -2.06. The van der Waals surface area contributed by atoms with Gasteiger partial charge in [-0.1, -0.05) is 29.8 Å². The Bertz CT molecular complexity index is 735. The van der Waals surface area contributed by atoms with Crippen LogP contribution in [0.3, 0.4) is 0 Å². The Morgan fingerprint density at radius 2 is 1.83 bits per heavy atom. The van der Waals surface area contributed by atoms with Gasteiger partial charge in [0.2, 0.25) is 0 Å². The van der Waals surface area contributed by atoms with Gasteiger partial charge in [0.25, 0.3) is 0 Å². The number of carbonyl (C=O) groups excluding carboxylic acids is 2. The van der Waals surface area contributed by atoms with Crippen LogP contribution in [0.2, 0.25) is 5.02 Å². The highest BCUT2D eigenvalue weighted by molar-refractivity contribution is 6.30. The Balaban J connectivity index is 1.99. The van der Waals surface area contributed by atoms with Crippen LogP contribution in [-0.2, 0) is 14.3 Å². The number of benzene rings is 2. The van der Waals surface area contributed by atoms with E-state index in [4.69, 9.17) is 21.1 Å². The maximum absolute atomic E-state index is 11.7. The fourth-order valence-corrected chi connectivity index (χ4v) is 2.05. The number of hydrogen-bond acceptors (Lipinski definition) is 4. The van der Waals surface area contributed by atoms with Crippen molar-refractivity contribution in [2.24, 2.45) is 0 Å². The van der Waals surface area contributed by atoms with Crippen LogP contribution >= 0.6 is 11.6 Å². The maximum atomic E-state index is 11.7. The second kappa shape index (κ2) is 8.89. The highest BCUT2D eigenvalue weighted by Crippen LogP contribution is 2.24. The van der Waals surface area contributed by atoms with Crippen molar-refractivity contribution in [2.75, 3.05) is 6.61 Å². The van der Waals surface area contributed by atoms with Gasteiger partial charge in [-0.15, -0.1) is 0 Å². The van der Waals surface area contributed by atoms with Crippen molar-refractivity contribution in [3.63, 3.8) is 0 Å². The largest absolute Gasteiger partial charge is 0.466 e. The van der Waals surface area contributed by atoms with Crippen LogP contribution < -0.4 is 4.74 Å². The van der Waals surface area contributed by atoms with E-state index in [2.05, 4.69) is 0 Å². The fraction of sp³-hybridized carbons (Fsp3) is 0.158. The molecule has 0 N–H and O–H groups in total. The number of esters is 1. The molecule has 0 saturated heterocycles. The average Bonchev–Trinajstić information content (AvgIpc) is 2.56. The molecule has 0 heterocycles. The van der Waals surface area contributed by atoms with Crippen molar-refractivity contribution < 1.29 is 19.1 Å². The van der Waals surface area contributed by atoms with Crippen LogP contribution in [0.5, 0.6) is 11.5 Å². The monoisotopic (exact) mass is 344 g/mol. The lowest BCUT2D eigenvalue weighted by molar-refractivity contribution is -0.144. The molecule has 2 aromatic carbocycles. The minimum atomic E-state index is -0.521. The lowest BCUT2D eigenvalue weighted by Crippen LogP contribution is -2.08. The fourth-order valence-electron chi connectivity index (χ4n) is 1.92.